The van der Waals surface area contributed by atoms with Crippen LogP contribution >= 0.6 is 0 Å². The fourth-order valence-electron chi connectivity index (χ4n) is 2.08. The zero-order chi connectivity index (χ0) is 17.6. The van der Waals surface area contributed by atoms with Crippen molar-refractivity contribution in [2.75, 3.05) is 13.7 Å². The predicted molar refractivity (Wildman–Crippen MR) is 91.5 cm³/mol. The molecule has 0 spiro atoms. The van der Waals surface area contributed by atoms with Gasteiger partial charge in [-0.1, -0.05) is 18.2 Å². The molecule has 0 unspecified atom stereocenters. The van der Waals surface area contributed by atoms with E-state index in [-0.39, 0.29) is 16.4 Å². The number of amides is 1. The Morgan fingerprint density at radius 1 is 1.12 bits per heavy atom. The van der Waals surface area contributed by atoms with E-state index in [4.69, 9.17) is 4.74 Å². The Labute approximate surface area is 141 Å². The van der Waals surface area contributed by atoms with Gasteiger partial charge in [-0.15, -0.1) is 0 Å². The standard InChI is InChI=1S/C17H20N2O4S/c1-3-23-15-9-7-13(8-10-15)12-19-17(20)14-5-4-6-16(11-14)24(21,22)18-2/h4-11,18H,3,12H2,1-2H3,(H,19,20). The van der Waals surface area contributed by atoms with Gasteiger partial charge in [0.2, 0.25) is 10.0 Å². The highest BCUT2D eigenvalue weighted by molar-refractivity contribution is 7.89. The Hall–Kier alpha value is -2.38. The summed E-state index contributed by atoms with van der Waals surface area (Å²) in [5.74, 6) is 0.439. The van der Waals surface area contributed by atoms with E-state index in [1.165, 1.54) is 25.2 Å². The van der Waals surface area contributed by atoms with Crippen molar-refractivity contribution >= 4 is 15.9 Å². The van der Waals surface area contributed by atoms with E-state index in [0.29, 0.717) is 13.2 Å². The molecule has 0 bridgehead atoms. The number of benzene rings is 2. The van der Waals surface area contributed by atoms with Gasteiger partial charge < -0.3 is 10.1 Å². The summed E-state index contributed by atoms with van der Waals surface area (Å²) >= 11 is 0. The molecular weight excluding hydrogens is 328 g/mol. The molecule has 2 aromatic rings. The highest BCUT2D eigenvalue weighted by atomic mass is 32.2. The average molecular weight is 348 g/mol. The monoisotopic (exact) mass is 348 g/mol. The van der Waals surface area contributed by atoms with Crippen molar-refractivity contribution in [2.45, 2.75) is 18.4 Å². The molecule has 0 radical (unpaired) electrons. The fraction of sp³-hybridized carbons (Fsp3) is 0.235. The van der Waals surface area contributed by atoms with Crippen LogP contribution in [0.3, 0.4) is 0 Å². The van der Waals surface area contributed by atoms with Crippen LogP contribution in [0.25, 0.3) is 0 Å². The number of hydrogen-bond acceptors (Lipinski definition) is 4. The van der Waals surface area contributed by atoms with Gasteiger partial charge in [-0.3, -0.25) is 4.79 Å². The second-order valence-corrected chi connectivity index (χ2v) is 6.88. The van der Waals surface area contributed by atoms with Crippen molar-refractivity contribution < 1.29 is 17.9 Å². The Bertz CT molecular complexity index is 802. The van der Waals surface area contributed by atoms with Gasteiger partial charge in [-0.05, 0) is 49.9 Å². The van der Waals surface area contributed by atoms with E-state index >= 15 is 0 Å². The van der Waals surface area contributed by atoms with Crippen LogP contribution < -0.4 is 14.8 Å². The lowest BCUT2D eigenvalue weighted by atomic mass is 10.2. The normalized spacial score (nSPS) is 11.1. The Morgan fingerprint density at radius 3 is 2.46 bits per heavy atom. The summed E-state index contributed by atoms with van der Waals surface area (Å²) in [6.45, 7) is 2.85. The van der Waals surface area contributed by atoms with Crippen LogP contribution in [-0.4, -0.2) is 28.0 Å². The SMILES string of the molecule is CCOc1ccc(CNC(=O)c2cccc(S(=O)(=O)NC)c2)cc1. The van der Waals surface area contributed by atoms with Crippen LogP contribution in [0.4, 0.5) is 0 Å². The van der Waals surface area contributed by atoms with Crippen molar-refractivity contribution in [1.82, 2.24) is 10.0 Å². The van der Waals surface area contributed by atoms with Gasteiger partial charge in [0.1, 0.15) is 5.75 Å². The molecule has 2 N–H and O–H groups in total. The number of sulfonamides is 1. The van der Waals surface area contributed by atoms with Gasteiger partial charge in [-0.2, -0.15) is 0 Å². The summed E-state index contributed by atoms with van der Waals surface area (Å²) in [5, 5.41) is 2.77. The lowest BCUT2D eigenvalue weighted by Gasteiger charge is -2.08. The molecule has 0 heterocycles. The van der Waals surface area contributed by atoms with E-state index in [1.807, 2.05) is 31.2 Å². The van der Waals surface area contributed by atoms with Crippen molar-refractivity contribution in [3.63, 3.8) is 0 Å². The first-order chi connectivity index (χ1) is 11.5. The van der Waals surface area contributed by atoms with Crippen LogP contribution in [0.5, 0.6) is 5.75 Å². The van der Waals surface area contributed by atoms with Crippen molar-refractivity contribution in [3.05, 3.63) is 59.7 Å². The Kier molecular flexibility index (Phi) is 5.94. The van der Waals surface area contributed by atoms with Gasteiger partial charge in [-0.25, -0.2) is 13.1 Å². The third-order valence-electron chi connectivity index (χ3n) is 3.36. The molecule has 24 heavy (non-hydrogen) atoms. The molecule has 0 aliphatic carbocycles. The van der Waals surface area contributed by atoms with E-state index in [0.717, 1.165) is 11.3 Å². The minimum atomic E-state index is -3.58. The lowest BCUT2D eigenvalue weighted by molar-refractivity contribution is 0.0950. The number of rotatable bonds is 7. The van der Waals surface area contributed by atoms with Crippen molar-refractivity contribution in [2.24, 2.45) is 0 Å². The number of hydrogen-bond donors (Lipinski definition) is 2. The Morgan fingerprint density at radius 2 is 1.83 bits per heavy atom. The summed E-state index contributed by atoms with van der Waals surface area (Å²) in [4.78, 5) is 12.3. The maximum absolute atomic E-state index is 12.2. The van der Waals surface area contributed by atoms with Crippen LogP contribution in [0.1, 0.15) is 22.8 Å². The molecule has 0 aliphatic heterocycles. The number of carbonyl (C=O) groups excluding carboxylic acids is 1. The second kappa shape index (κ2) is 7.94. The van der Waals surface area contributed by atoms with Gasteiger partial charge in [0.25, 0.3) is 5.91 Å². The smallest absolute Gasteiger partial charge is 0.251 e. The maximum Gasteiger partial charge on any atom is 0.251 e. The minimum absolute atomic E-state index is 0.0544. The van der Waals surface area contributed by atoms with E-state index < -0.39 is 10.0 Å². The molecule has 2 rings (SSSR count). The largest absolute Gasteiger partial charge is 0.494 e. The van der Waals surface area contributed by atoms with Gasteiger partial charge >= 0.3 is 0 Å². The van der Waals surface area contributed by atoms with Gasteiger partial charge in [0.05, 0.1) is 11.5 Å². The number of ether oxygens (including phenoxy) is 1. The van der Waals surface area contributed by atoms with Crippen molar-refractivity contribution in [1.29, 1.82) is 0 Å². The molecule has 0 aromatic heterocycles. The first-order valence-electron chi connectivity index (χ1n) is 7.50. The molecule has 0 saturated heterocycles. The third kappa shape index (κ3) is 4.56. The number of nitrogens with one attached hydrogen (secondary N) is 2. The summed E-state index contributed by atoms with van der Waals surface area (Å²) in [7, 11) is -2.25. The molecule has 0 atom stereocenters. The van der Waals surface area contributed by atoms with Crippen LogP contribution in [0.15, 0.2) is 53.4 Å². The zero-order valence-electron chi connectivity index (χ0n) is 13.6. The molecule has 128 valence electrons. The lowest BCUT2D eigenvalue weighted by Crippen LogP contribution is -2.24. The fourth-order valence-corrected chi connectivity index (χ4v) is 2.85. The van der Waals surface area contributed by atoms with Crippen LogP contribution in [0, 0.1) is 0 Å². The van der Waals surface area contributed by atoms with Gasteiger partial charge in [0, 0.05) is 12.1 Å². The molecule has 0 fully saturated rings. The summed E-state index contributed by atoms with van der Waals surface area (Å²) < 4.78 is 31.2. The minimum Gasteiger partial charge on any atom is -0.494 e. The Balaban J connectivity index is 2.03. The van der Waals surface area contributed by atoms with E-state index in [2.05, 4.69) is 10.0 Å². The summed E-state index contributed by atoms with van der Waals surface area (Å²) in [6.07, 6.45) is 0. The predicted octanol–water partition coefficient (Wildman–Crippen LogP) is 1.92. The highest BCUT2D eigenvalue weighted by Gasteiger charge is 2.14. The third-order valence-corrected chi connectivity index (χ3v) is 4.77. The average Bonchev–Trinajstić information content (AvgIpc) is 2.61. The number of carbonyl (C=O) groups is 1. The maximum atomic E-state index is 12.2. The molecule has 1 amide bonds. The molecular formula is C17H20N2O4S. The van der Waals surface area contributed by atoms with Crippen molar-refractivity contribution in [3.8, 4) is 5.75 Å². The van der Waals surface area contributed by atoms with Crippen LogP contribution in [0.2, 0.25) is 0 Å². The molecule has 0 aliphatic rings. The summed E-state index contributed by atoms with van der Waals surface area (Å²) in [6, 6.07) is 13.3. The topological polar surface area (TPSA) is 84.5 Å². The van der Waals surface area contributed by atoms with Gasteiger partial charge in [0.15, 0.2) is 0 Å². The van der Waals surface area contributed by atoms with E-state index in [9.17, 15) is 13.2 Å². The molecule has 0 saturated carbocycles. The van der Waals surface area contributed by atoms with E-state index in [1.54, 1.807) is 6.07 Å². The molecule has 7 heteroatoms. The quantitative estimate of drug-likeness (QED) is 0.801. The van der Waals surface area contributed by atoms with Crippen LogP contribution in [-0.2, 0) is 16.6 Å². The molecule has 6 nitrogen and oxygen atoms in total. The first kappa shape index (κ1) is 18.0. The second-order valence-electron chi connectivity index (χ2n) is 5.00. The summed E-state index contributed by atoms with van der Waals surface area (Å²) in [5.41, 5.74) is 1.21. The molecule has 2 aromatic carbocycles. The highest BCUT2D eigenvalue weighted by Crippen LogP contribution is 2.13. The first-order valence-corrected chi connectivity index (χ1v) is 8.98. The zero-order valence-corrected chi connectivity index (χ0v) is 14.4.